The van der Waals surface area contributed by atoms with Gasteiger partial charge in [-0.15, -0.1) is 0 Å². The summed E-state index contributed by atoms with van der Waals surface area (Å²) in [5.74, 6) is 0. The molecule has 2 saturated heterocycles. The third kappa shape index (κ3) is 2.72. The van der Waals surface area contributed by atoms with Crippen LogP contribution in [0.15, 0.2) is 0 Å². The maximum atomic E-state index is 5.43. The van der Waals surface area contributed by atoms with Gasteiger partial charge < -0.3 is 18.3 Å². The number of hydrogen-bond donors (Lipinski definition) is 0. The van der Waals surface area contributed by atoms with Crippen molar-refractivity contribution in [2.75, 3.05) is 26.4 Å². The Kier molecular flexibility index (Phi) is 3.35. The summed E-state index contributed by atoms with van der Waals surface area (Å²) >= 11 is 5.09. The first kappa shape index (κ1) is 10.0. The van der Waals surface area contributed by atoms with Gasteiger partial charge in [0.15, 0.2) is 0 Å². The molecule has 0 spiro atoms. The summed E-state index contributed by atoms with van der Waals surface area (Å²) in [7, 11) is 0. The zero-order chi connectivity index (χ0) is 9.15. The average Bonchev–Trinajstić information content (AvgIpc) is 2.72. The molecule has 1 unspecified atom stereocenters. The van der Waals surface area contributed by atoms with Gasteiger partial charge in [-0.05, 0) is 24.6 Å². The summed E-state index contributed by atoms with van der Waals surface area (Å²) in [5, 5.41) is 0. The third-order valence-electron chi connectivity index (χ3n) is 2.02. The van der Waals surface area contributed by atoms with Crippen molar-refractivity contribution in [3.05, 3.63) is 0 Å². The molecule has 0 radical (unpaired) electrons. The van der Waals surface area contributed by atoms with E-state index >= 15 is 0 Å². The van der Waals surface area contributed by atoms with E-state index in [1.165, 1.54) is 0 Å². The zero-order valence-corrected chi connectivity index (χ0v) is 9.02. The van der Waals surface area contributed by atoms with Crippen LogP contribution < -0.4 is 0 Å². The molecule has 0 saturated carbocycles. The molecular formula is C7H13O4PS. The van der Waals surface area contributed by atoms with Crippen molar-refractivity contribution in [2.45, 2.75) is 18.9 Å². The Bertz CT molecular complexity index is 207. The van der Waals surface area contributed by atoms with Crippen molar-refractivity contribution in [2.24, 2.45) is 0 Å². The van der Waals surface area contributed by atoms with E-state index in [1.807, 2.05) is 0 Å². The Morgan fingerprint density at radius 1 is 1.31 bits per heavy atom. The lowest BCUT2D eigenvalue weighted by atomic mass is 10.2. The molecule has 2 aliphatic heterocycles. The minimum absolute atomic E-state index is 0.188. The predicted octanol–water partition coefficient (Wildman–Crippen LogP) is 1.45. The normalized spacial score (nSPS) is 32.5. The van der Waals surface area contributed by atoms with Crippen LogP contribution in [0.25, 0.3) is 0 Å². The Morgan fingerprint density at radius 2 is 2.08 bits per heavy atom. The van der Waals surface area contributed by atoms with Crippen molar-refractivity contribution in [3.8, 4) is 0 Å². The molecule has 0 aliphatic carbocycles. The average molecular weight is 224 g/mol. The third-order valence-corrected chi connectivity index (χ3v) is 4.44. The minimum atomic E-state index is -2.37. The highest BCUT2D eigenvalue weighted by Gasteiger charge is 2.28. The molecule has 76 valence electrons. The van der Waals surface area contributed by atoms with Gasteiger partial charge in [0.2, 0.25) is 0 Å². The quantitative estimate of drug-likeness (QED) is 0.678. The molecule has 0 bridgehead atoms. The summed E-state index contributed by atoms with van der Waals surface area (Å²) in [6.07, 6.45) is 2.35. The molecule has 0 aromatic heterocycles. The second kappa shape index (κ2) is 4.34. The van der Waals surface area contributed by atoms with Gasteiger partial charge in [0.05, 0.1) is 25.9 Å². The fourth-order valence-electron chi connectivity index (χ4n) is 1.36. The highest BCUT2D eigenvalue weighted by molar-refractivity contribution is 8.07. The summed E-state index contributed by atoms with van der Waals surface area (Å²) in [5.41, 5.74) is 0. The second-order valence-electron chi connectivity index (χ2n) is 3.04. The van der Waals surface area contributed by atoms with Crippen LogP contribution in [0.1, 0.15) is 12.8 Å². The lowest BCUT2D eigenvalue weighted by Gasteiger charge is -2.16. The molecule has 2 heterocycles. The van der Waals surface area contributed by atoms with Crippen LogP contribution in [-0.2, 0) is 30.1 Å². The Morgan fingerprint density at radius 3 is 2.69 bits per heavy atom. The standard InChI is InChI=1S/C7H13O4PS/c13-12(9-4-5-10-12)11-6-7-2-1-3-8-7/h7H,1-6H2. The van der Waals surface area contributed by atoms with Crippen LogP contribution in [0.4, 0.5) is 0 Å². The Labute approximate surface area is 82.8 Å². The van der Waals surface area contributed by atoms with Gasteiger partial charge in [0.25, 0.3) is 0 Å². The molecule has 2 aliphatic rings. The van der Waals surface area contributed by atoms with Crippen LogP contribution >= 0.6 is 6.72 Å². The summed E-state index contributed by atoms with van der Waals surface area (Å²) in [4.78, 5) is 0. The van der Waals surface area contributed by atoms with Crippen LogP contribution in [0.5, 0.6) is 0 Å². The van der Waals surface area contributed by atoms with E-state index in [0.29, 0.717) is 19.8 Å². The molecule has 1 atom stereocenters. The lowest BCUT2D eigenvalue weighted by Crippen LogP contribution is -2.12. The first-order valence-corrected chi connectivity index (χ1v) is 6.99. The van der Waals surface area contributed by atoms with Gasteiger partial charge in [0.1, 0.15) is 0 Å². The maximum Gasteiger partial charge on any atom is 0.327 e. The van der Waals surface area contributed by atoms with Crippen LogP contribution in [0.2, 0.25) is 0 Å². The van der Waals surface area contributed by atoms with Crippen molar-refractivity contribution >= 4 is 18.5 Å². The fourth-order valence-corrected chi connectivity index (χ4v) is 3.16. The number of rotatable bonds is 3. The van der Waals surface area contributed by atoms with E-state index in [1.54, 1.807) is 0 Å². The van der Waals surface area contributed by atoms with E-state index in [0.717, 1.165) is 19.4 Å². The highest BCUT2D eigenvalue weighted by atomic mass is 32.5. The van der Waals surface area contributed by atoms with Gasteiger partial charge in [-0.3, -0.25) is 0 Å². The molecule has 2 rings (SSSR count). The largest absolute Gasteiger partial charge is 0.376 e. The molecular weight excluding hydrogens is 211 g/mol. The van der Waals surface area contributed by atoms with E-state index in [-0.39, 0.29) is 6.10 Å². The predicted molar refractivity (Wildman–Crippen MR) is 51.1 cm³/mol. The van der Waals surface area contributed by atoms with Crippen LogP contribution in [-0.4, -0.2) is 32.5 Å². The van der Waals surface area contributed by atoms with Crippen molar-refractivity contribution in [1.29, 1.82) is 0 Å². The first-order chi connectivity index (χ1) is 6.29. The van der Waals surface area contributed by atoms with Gasteiger partial charge in [-0.1, -0.05) is 0 Å². The first-order valence-electron chi connectivity index (χ1n) is 4.44. The Balaban J connectivity index is 1.74. The smallest absolute Gasteiger partial charge is 0.327 e. The summed E-state index contributed by atoms with van der Waals surface area (Å²) in [6.45, 7) is 0.0907. The second-order valence-corrected chi connectivity index (χ2v) is 6.06. The van der Waals surface area contributed by atoms with Crippen molar-refractivity contribution in [1.82, 2.24) is 0 Å². The molecule has 2 fully saturated rings. The lowest BCUT2D eigenvalue weighted by molar-refractivity contribution is 0.0622. The minimum Gasteiger partial charge on any atom is -0.376 e. The summed E-state index contributed by atoms with van der Waals surface area (Å²) < 4.78 is 21.3. The molecule has 13 heavy (non-hydrogen) atoms. The van der Waals surface area contributed by atoms with Crippen molar-refractivity contribution in [3.63, 3.8) is 0 Å². The van der Waals surface area contributed by atoms with Gasteiger partial charge in [0, 0.05) is 6.61 Å². The summed E-state index contributed by atoms with van der Waals surface area (Å²) in [6, 6.07) is 0. The molecule has 0 aromatic rings. The van der Waals surface area contributed by atoms with Gasteiger partial charge in [-0.2, -0.15) is 0 Å². The van der Waals surface area contributed by atoms with E-state index in [2.05, 4.69) is 0 Å². The number of ether oxygens (including phenoxy) is 1. The highest BCUT2D eigenvalue weighted by Crippen LogP contribution is 2.53. The molecule has 6 heteroatoms. The zero-order valence-electron chi connectivity index (χ0n) is 7.31. The van der Waals surface area contributed by atoms with Gasteiger partial charge >= 0.3 is 6.72 Å². The molecule has 0 N–H and O–H groups in total. The number of hydrogen-bond acceptors (Lipinski definition) is 5. The molecule has 4 nitrogen and oxygen atoms in total. The molecule has 0 aromatic carbocycles. The SMILES string of the molecule is S=P1(OCC2CCCO2)OCCO1. The Hall–Kier alpha value is 0.490. The fraction of sp³-hybridized carbons (Fsp3) is 1.00. The van der Waals surface area contributed by atoms with Crippen LogP contribution in [0.3, 0.4) is 0 Å². The van der Waals surface area contributed by atoms with Crippen molar-refractivity contribution < 1.29 is 18.3 Å². The van der Waals surface area contributed by atoms with E-state index < -0.39 is 6.72 Å². The molecule has 0 amide bonds. The monoisotopic (exact) mass is 224 g/mol. The van der Waals surface area contributed by atoms with Crippen LogP contribution in [0, 0.1) is 0 Å². The topological polar surface area (TPSA) is 36.9 Å². The van der Waals surface area contributed by atoms with E-state index in [4.69, 9.17) is 30.1 Å². The van der Waals surface area contributed by atoms with E-state index in [9.17, 15) is 0 Å². The maximum absolute atomic E-state index is 5.43. The van der Waals surface area contributed by atoms with Gasteiger partial charge in [-0.25, -0.2) is 0 Å².